The Morgan fingerprint density at radius 2 is 2.22 bits per heavy atom. The average molecular weight is 643 g/mol. The van der Waals surface area contributed by atoms with Crippen LogP contribution in [0.25, 0.3) is 10.9 Å². The highest BCUT2D eigenvalue weighted by Crippen LogP contribution is 2.52. The molecule has 12 heteroatoms. The van der Waals surface area contributed by atoms with Crippen LogP contribution in [0.1, 0.15) is 30.8 Å². The van der Waals surface area contributed by atoms with Gasteiger partial charge in [-0.2, -0.15) is 4.40 Å². The maximum atomic E-state index is 12.7. The van der Waals surface area contributed by atoms with Crippen molar-refractivity contribution in [1.29, 1.82) is 0 Å². The van der Waals surface area contributed by atoms with Crippen LogP contribution in [0.5, 0.6) is 0 Å². The smallest absolute Gasteiger partial charge is 0.259 e. The first-order valence-electron chi connectivity index (χ1n) is 11.9. The molecule has 2 fully saturated rings. The number of nitrogens with one attached hydrogen (secondary N) is 1. The number of hydrogen-bond donors (Lipinski definition) is 3. The number of carbonyl (C=O) groups excluding carboxylic acids is 3. The Hall–Kier alpha value is -1.74. The van der Waals surface area contributed by atoms with Gasteiger partial charge in [0.2, 0.25) is 20.9 Å². The third kappa shape index (κ3) is 4.44. The number of nitrogens with two attached hydrogens (primary N) is 1. The molecule has 4 N–H and O–H groups in total. The number of carbonyl (C=O) groups is 3. The summed E-state index contributed by atoms with van der Waals surface area (Å²) in [7, 11) is 0. The number of thiazole rings is 1. The number of aromatic nitrogens is 2. The van der Waals surface area contributed by atoms with Crippen molar-refractivity contribution in [3.63, 3.8) is 0 Å². The van der Waals surface area contributed by atoms with Crippen molar-refractivity contribution >= 4 is 72.2 Å². The Balaban J connectivity index is 1.26. The van der Waals surface area contributed by atoms with Crippen LogP contribution in [0.4, 0.5) is 0 Å². The Kier molecular flexibility index (Phi) is 7.09. The summed E-state index contributed by atoms with van der Waals surface area (Å²) >= 11 is 5.14. The van der Waals surface area contributed by atoms with E-state index in [1.165, 1.54) is 0 Å². The van der Waals surface area contributed by atoms with E-state index in [1.54, 1.807) is 62.1 Å². The van der Waals surface area contributed by atoms with Gasteiger partial charge in [0, 0.05) is 51.3 Å². The van der Waals surface area contributed by atoms with Crippen molar-refractivity contribution in [3.8, 4) is 0 Å². The minimum Gasteiger partial charge on any atom is -0.393 e. The van der Waals surface area contributed by atoms with E-state index in [9.17, 15) is 19.5 Å². The third-order valence-corrected chi connectivity index (χ3v) is 10.4. The third-order valence-electron chi connectivity index (χ3n) is 7.24. The van der Waals surface area contributed by atoms with E-state index in [2.05, 4.69) is 35.7 Å². The van der Waals surface area contributed by atoms with Crippen LogP contribution >= 0.6 is 45.7 Å². The number of fused-ring (bicyclic) bond motifs is 2. The summed E-state index contributed by atoms with van der Waals surface area (Å²) in [4.78, 5) is 41.1. The van der Waals surface area contributed by atoms with E-state index in [0.29, 0.717) is 5.70 Å². The van der Waals surface area contributed by atoms with Gasteiger partial charge < -0.3 is 21.1 Å². The standard InChI is InChI=1S/C24H28IN5O4S2/c1-11-20-19(13(3)31)24(34)30(20)21(23(25)33)22(11)35-15-6-14(27-7-15)4-5-16-12(2)29-10-28(8-17(26)32)9-18(29)36-16/h4-5,9-11,13-15,19-20,27,31H,6-8H2,1-3H3,(H-,26,32)/p+1/b5-4-/t11-,13-,14-,15+,19-,20-/m1/s1. The molecule has 0 aromatic carbocycles. The van der Waals surface area contributed by atoms with Gasteiger partial charge in [0.1, 0.15) is 17.6 Å². The number of hydrogen-bond acceptors (Lipinski definition) is 7. The van der Waals surface area contributed by atoms with Crippen LogP contribution in [0.15, 0.2) is 29.2 Å². The topological polar surface area (TPSA) is 121 Å². The van der Waals surface area contributed by atoms with Gasteiger partial charge in [-0.25, -0.2) is 4.57 Å². The minimum absolute atomic E-state index is 0.0328. The minimum atomic E-state index is -0.722. The van der Waals surface area contributed by atoms with Crippen LogP contribution in [-0.4, -0.2) is 60.0 Å². The van der Waals surface area contributed by atoms with Crippen molar-refractivity contribution in [2.75, 3.05) is 6.54 Å². The average Bonchev–Trinajstić information content (AvgIpc) is 3.51. The monoisotopic (exact) mass is 642 g/mol. The summed E-state index contributed by atoms with van der Waals surface area (Å²) in [5.74, 6) is -0.920. The summed E-state index contributed by atoms with van der Waals surface area (Å²) in [6.45, 7) is 6.74. The van der Waals surface area contributed by atoms with Gasteiger partial charge in [0.25, 0.3) is 5.91 Å². The predicted octanol–water partition coefficient (Wildman–Crippen LogP) is 1.59. The Morgan fingerprint density at radius 1 is 1.47 bits per heavy atom. The Morgan fingerprint density at radius 3 is 2.86 bits per heavy atom. The van der Waals surface area contributed by atoms with E-state index in [-0.39, 0.29) is 45.4 Å². The zero-order valence-electron chi connectivity index (χ0n) is 20.2. The lowest BCUT2D eigenvalue weighted by Crippen LogP contribution is -2.63. The SMILES string of the molecule is Cc1c(/C=C\[C@@H]2C[C@H](SC3=C(C(=O)I)N4C(=O)[C@H]([C@@H](C)O)[C@H]4[C@H]3C)CN2)sc2c[n+](CC(N)=O)cn12. The molecule has 5 heterocycles. The molecular formula is C24H29IN5O4S2+. The molecule has 3 aliphatic heterocycles. The Bertz CT molecular complexity index is 1320. The molecule has 2 aromatic rings. The number of aliphatic hydroxyl groups excluding tert-OH is 1. The van der Waals surface area contributed by atoms with Crippen LogP contribution in [-0.2, 0) is 20.9 Å². The normalized spacial score (nSPS) is 28.9. The van der Waals surface area contributed by atoms with Gasteiger partial charge in [-0.3, -0.25) is 14.4 Å². The largest absolute Gasteiger partial charge is 0.393 e. The molecule has 36 heavy (non-hydrogen) atoms. The molecular weight excluding hydrogens is 613 g/mol. The first kappa shape index (κ1) is 25.9. The number of nitrogens with zero attached hydrogens (tertiary/aromatic N) is 3. The molecule has 0 radical (unpaired) electrons. The molecule has 0 saturated carbocycles. The number of rotatable bonds is 8. The summed E-state index contributed by atoms with van der Waals surface area (Å²) in [6.07, 6.45) is 8.35. The van der Waals surface area contributed by atoms with E-state index in [1.807, 2.05) is 12.5 Å². The van der Waals surface area contributed by atoms with Crippen molar-refractivity contribution in [3.05, 3.63) is 39.8 Å². The molecule has 9 nitrogen and oxygen atoms in total. The summed E-state index contributed by atoms with van der Waals surface area (Å²) < 4.78 is 3.74. The van der Waals surface area contributed by atoms with Crippen LogP contribution in [0.3, 0.4) is 0 Å². The fourth-order valence-electron chi connectivity index (χ4n) is 5.51. The highest BCUT2D eigenvalue weighted by Gasteiger charge is 2.59. The molecule has 0 unspecified atom stereocenters. The summed E-state index contributed by atoms with van der Waals surface area (Å²) in [5, 5.41) is 13.9. The number of β-lactam (4-membered cyclic amide) rings is 1. The number of allylic oxidation sites excluding steroid dienone is 1. The second kappa shape index (κ2) is 9.86. The van der Waals surface area contributed by atoms with Gasteiger partial charge in [0.15, 0.2) is 6.54 Å². The highest BCUT2D eigenvalue weighted by molar-refractivity contribution is 14.1. The number of aryl methyl sites for hydroxylation is 1. The zero-order chi connectivity index (χ0) is 25.9. The number of halogens is 1. The number of imidazole rings is 1. The molecule has 3 aliphatic rings. The molecule has 0 aliphatic carbocycles. The molecule has 192 valence electrons. The highest BCUT2D eigenvalue weighted by atomic mass is 127. The van der Waals surface area contributed by atoms with Crippen LogP contribution < -0.4 is 15.6 Å². The van der Waals surface area contributed by atoms with Crippen molar-refractivity contribution in [2.24, 2.45) is 17.6 Å². The fourth-order valence-corrected chi connectivity index (χ4v) is 8.83. The second-order valence-electron chi connectivity index (χ2n) is 9.73. The van der Waals surface area contributed by atoms with E-state index in [0.717, 1.165) is 33.3 Å². The molecule has 0 spiro atoms. The van der Waals surface area contributed by atoms with Gasteiger partial charge in [-0.05, 0) is 26.3 Å². The predicted molar refractivity (Wildman–Crippen MR) is 147 cm³/mol. The second-order valence-corrected chi connectivity index (χ2v) is 13.1. The van der Waals surface area contributed by atoms with E-state index in [4.69, 9.17) is 5.73 Å². The van der Waals surface area contributed by atoms with Crippen molar-refractivity contribution < 1.29 is 24.1 Å². The Labute approximate surface area is 230 Å². The number of primary amides is 1. The molecule has 5 rings (SSSR count). The quantitative estimate of drug-likeness (QED) is 0.174. The molecule has 2 amide bonds. The maximum absolute atomic E-state index is 12.7. The number of thioether (sulfide) groups is 1. The molecule has 2 saturated heterocycles. The zero-order valence-corrected chi connectivity index (χ0v) is 24.0. The lowest BCUT2D eigenvalue weighted by molar-refractivity contribution is -0.682. The lowest BCUT2D eigenvalue weighted by atomic mass is 9.79. The van der Waals surface area contributed by atoms with E-state index < -0.39 is 12.0 Å². The van der Waals surface area contributed by atoms with Crippen LogP contribution in [0.2, 0.25) is 0 Å². The molecule has 0 bridgehead atoms. The fraction of sp³-hybridized carbons (Fsp3) is 0.500. The molecule has 6 atom stereocenters. The van der Waals surface area contributed by atoms with Gasteiger partial charge in [-0.1, -0.05) is 24.3 Å². The summed E-state index contributed by atoms with van der Waals surface area (Å²) in [6, 6.07) is 0.0793. The maximum Gasteiger partial charge on any atom is 0.259 e. The number of aliphatic hydroxyl groups is 1. The van der Waals surface area contributed by atoms with Crippen molar-refractivity contribution in [1.82, 2.24) is 14.6 Å². The van der Waals surface area contributed by atoms with Gasteiger partial charge >= 0.3 is 0 Å². The lowest BCUT2D eigenvalue weighted by Gasteiger charge is -2.46. The van der Waals surface area contributed by atoms with E-state index >= 15 is 0 Å². The summed E-state index contributed by atoms with van der Waals surface area (Å²) in [5.41, 5.74) is 6.92. The first-order chi connectivity index (χ1) is 17.1. The number of amides is 2. The van der Waals surface area contributed by atoms with Gasteiger partial charge in [-0.15, -0.1) is 11.8 Å². The molecule has 2 aromatic heterocycles. The van der Waals surface area contributed by atoms with Gasteiger partial charge in [0.05, 0.1) is 22.9 Å². The van der Waals surface area contributed by atoms with Crippen LogP contribution in [0, 0.1) is 18.8 Å². The first-order valence-corrected chi connectivity index (χ1v) is 14.7. The van der Waals surface area contributed by atoms with Crippen molar-refractivity contribution in [2.45, 2.75) is 57.2 Å².